The highest BCUT2D eigenvalue weighted by Crippen LogP contribution is 2.17. The normalized spacial score (nSPS) is 13.4. The molecule has 0 fully saturated rings. The Morgan fingerprint density at radius 1 is 0.556 bits per heavy atom. The average molecular weight is 471 g/mol. The minimum absolute atomic E-state index is 0.266. The van der Waals surface area contributed by atoms with Crippen molar-refractivity contribution in [2.45, 2.75) is 12.8 Å². The minimum Gasteiger partial charge on any atom is -0.289 e. The van der Waals surface area contributed by atoms with Crippen molar-refractivity contribution < 1.29 is 14.4 Å². The van der Waals surface area contributed by atoms with Gasteiger partial charge in [-0.25, -0.2) is 0 Å². The minimum atomic E-state index is -0.281. The third-order valence-electron chi connectivity index (χ3n) is 5.69. The predicted molar refractivity (Wildman–Crippen MR) is 146 cm³/mol. The van der Waals surface area contributed by atoms with E-state index >= 15 is 0 Å². The Balaban J connectivity index is 1.64. The number of benzene rings is 3. The summed E-state index contributed by atoms with van der Waals surface area (Å²) >= 11 is 0. The molecule has 1 aliphatic rings. The van der Waals surface area contributed by atoms with Crippen molar-refractivity contribution in [3.8, 4) is 0 Å². The molecular weight excluding hydrogens is 444 g/mol. The average Bonchev–Trinajstić information content (AvgIpc) is 2.94. The van der Waals surface area contributed by atoms with Gasteiger partial charge in [-0.2, -0.15) is 0 Å². The van der Waals surface area contributed by atoms with Gasteiger partial charge in [0.25, 0.3) is 0 Å². The molecule has 36 heavy (non-hydrogen) atoms. The molecule has 176 valence electrons. The lowest BCUT2D eigenvalue weighted by molar-refractivity contribution is 0.104. The first-order valence-corrected chi connectivity index (χ1v) is 11.9. The van der Waals surface area contributed by atoms with Crippen LogP contribution < -0.4 is 0 Å². The lowest BCUT2D eigenvalue weighted by atomic mass is 9.96. The van der Waals surface area contributed by atoms with Crippen molar-refractivity contribution in [3.63, 3.8) is 0 Å². The van der Waals surface area contributed by atoms with Crippen LogP contribution in [-0.2, 0) is 0 Å². The zero-order valence-corrected chi connectivity index (χ0v) is 19.8. The van der Waals surface area contributed by atoms with Gasteiger partial charge in [-0.1, -0.05) is 97.1 Å². The molecule has 4 rings (SSSR count). The largest absolute Gasteiger partial charge is 0.289 e. The van der Waals surface area contributed by atoms with Crippen LogP contribution in [0, 0.1) is 0 Å². The first-order valence-electron chi connectivity index (χ1n) is 11.9. The Bertz CT molecular complexity index is 1320. The number of carbonyl (C=O) groups excluding carboxylic acids is 3. The molecule has 0 amide bonds. The van der Waals surface area contributed by atoms with Crippen molar-refractivity contribution in [2.75, 3.05) is 0 Å². The van der Waals surface area contributed by atoms with Gasteiger partial charge in [0.1, 0.15) is 0 Å². The summed E-state index contributed by atoms with van der Waals surface area (Å²) in [6.45, 7) is 0. The second-order valence-electron chi connectivity index (χ2n) is 8.40. The molecule has 0 unspecified atom stereocenters. The summed E-state index contributed by atoms with van der Waals surface area (Å²) in [5.74, 6) is -0.828. The molecule has 0 saturated heterocycles. The van der Waals surface area contributed by atoms with Gasteiger partial charge in [-0.3, -0.25) is 14.4 Å². The van der Waals surface area contributed by atoms with Crippen LogP contribution in [0.2, 0.25) is 0 Å². The number of carbonyl (C=O) groups is 3. The zero-order valence-electron chi connectivity index (χ0n) is 19.8. The van der Waals surface area contributed by atoms with E-state index in [0.29, 0.717) is 5.56 Å². The lowest BCUT2D eigenvalue weighted by Gasteiger charge is -2.06. The summed E-state index contributed by atoms with van der Waals surface area (Å²) < 4.78 is 0. The zero-order chi connectivity index (χ0) is 25.2. The maximum Gasteiger partial charge on any atom is 0.185 e. The summed E-state index contributed by atoms with van der Waals surface area (Å²) in [6, 6.07) is 23.6. The van der Waals surface area contributed by atoms with Gasteiger partial charge in [0.2, 0.25) is 0 Å². The quantitative estimate of drug-likeness (QED) is 0.240. The fourth-order valence-electron chi connectivity index (χ4n) is 3.74. The summed E-state index contributed by atoms with van der Waals surface area (Å²) in [6.07, 6.45) is 17.6. The van der Waals surface area contributed by atoms with Crippen molar-refractivity contribution in [1.82, 2.24) is 0 Å². The van der Waals surface area contributed by atoms with E-state index in [1.807, 2.05) is 66.7 Å². The SMILES string of the molecule is O=C(/C=C/C1=CCCC=C1)c1cc(C(=O)/C=C/c2ccccc2)cc(C(=O)/C=C/c2ccccc2)c1. The van der Waals surface area contributed by atoms with Crippen LogP contribution in [0.5, 0.6) is 0 Å². The van der Waals surface area contributed by atoms with Crippen LogP contribution in [0.15, 0.2) is 127 Å². The Labute approximate surface area is 211 Å². The van der Waals surface area contributed by atoms with Crippen LogP contribution in [0.4, 0.5) is 0 Å². The standard InChI is InChI=1S/C33H26O3/c34-31(19-16-25-10-4-1-5-11-25)28-22-29(32(35)20-17-26-12-6-2-7-13-26)24-30(23-28)33(36)21-18-27-14-8-3-9-15-27/h1-2,4-8,10-24H,3,9H2/b19-16+,20-17+,21-18+. The fourth-order valence-corrected chi connectivity index (χ4v) is 3.74. The summed E-state index contributed by atoms with van der Waals surface area (Å²) in [7, 11) is 0. The van der Waals surface area contributed by atoms with Crippen LogP contribution >= 0.6 is 0 Å². The number of rotatable bonds is 9. The monoisotopic (exact) mass is 470 g/mol. The molecule has 3 aromatic carbocycles. The molecule has 1 aliphatic carbocycles. The smallest absolute Gasteiger partial charge is 0.185 e. The lowest BCUT2D eigenvalue weighted by Crippen LogP contribution is -2.05. The van der Waals surface area contributed by atoms with Crippen LogP contribution in [0.25, 0.3) is 12.2 Å². The van der Waals surface area contributed by atoms with Gasteiger partial charge >= 0.3 is 0 Å². The van der Waals surface area contributed by atoms with Crippen LogP contribution in [-0.4, -0.2) is 17.3 Å². The topological polar surface area (TPSA) is 51.2 Å². The number of hydrogen-bond donors (Lipinski definition) is 0. The Morgan fingerprint density at radius 2 is 1.00 bits per heavy atom. The van der Waals surface area contributed by atoms with E-state index in [1.54, 1.807) is 36.4 Å². The Hall–Kier alpha value is -4.63. The molecule has 0 saturated carbocycles. The Morgan fingerprint density at radius 3 is 1.42 bits per heavy atom. The fraction of sp³-hybridized carbons (Fsp3) is 0.0606. The maximum absolute atomic E-state index is 13.0. The van der Waals surface area contributed by atoms with E-state index < -0.39 is 0 Å². The molecular formula is C33H26O3. The molecule has 0 spiro atoms. The van der Waals surface area contributed by atoms with Gasteiger partial charge in [0.05, 0.1) is 0 Å². The van der Waals surface area contributed by atoms with Crippen molar-refractivity contribution in [3.05, 3.63) is 155 Å². The second kappa shape index (κ2) is 12.2. The molecule has 0 aromatic heterocycles. The molecule has 3 aromatic rings. The van der Waals surface area contributed by atoms with Gasteiger partial charge < -0.3 is 0 Å². The van der Waals surface area contributed by atoms with E-state index in [9.17, 15) is 14.4 Å². The van der Waals surface area contributed by atoms with Crippen LogP contribution in [0.3, 0.4) is 0 Å². The van der Waals surface area contributed by atoms with Crippen molar-refractivity contribution in [1.29, 1.82) is 0 Å². The summed E-state index contributed by atoms with van der Waals surface area (Å²) in [4.78, 5) is 39.0. The molecule has 3 heteroatoms. The van der Waals surface area contributed by atoms with Gasteiger partial charge in [-0.15, -0.1) is 0 Å². The molecule has 0 aliphatic heterocycles. The second-order valence-corrected chi connectivity index (χ2v) is 8.40. The molecule has 0 bridgehead atoms. The number of hydrogen-bond acceptors (Lipinski definition) is 3. The van der Waals surface area contributed by atoms with E-state index in [2.05, 4.69) is 12.2 Å². The first-order chi connectivity index (χ1) is 17.6. The number of ketones is 3. The van der Waals surface area contributed by atoms with E-state index in [1.165, 1.54) is 18.2 Å². The van der Waals surface area contributed by atoms with Crippen molar-refractivity contribution >= 4 is 29.5 Å². The third kappa shape index (κ3) is 6.94. The molecule has 0 N–H and O–H groups in total. The molecule has 0 atom stereocenters. The molecule has 3 nitrogen and oxygen atoms in total. The first kappa shape index (κ1) is 24.5. The van der Waals surface area contributed by atoms with Gasteiger partial charge in [0, 0.05) is 16.7 Å². The van der Waals surface area contributed by atoms with Gasteiger partial charge in [0.15, 0.2) is 17.3 Å². The summed E-state index contributed by atoms with van der Waals surface area (Å²) in [5, 5.41) is 0. The van der Waals surface area contributed by atoms with Gasteiger partial charge in [-0.05, 0) is 66.0 Å². The van der Waals surface area contributed by atoms with Crippen molar-refractivity contribution in [2.24, 2.45) is 0 Å². The van der Waals surface area contributed by atoms with E-state index in [4.69, 9.17) is 0 Å². The third-order valence-corrected chi connectivity index (χ3v) is 5.69. The van der Waals surface area contributed by atoms with Crippen LogP contribution in [0.1, 0.15) is 55.0 Å². The van der Waals surface area contributed by atoms with E-state index in [0.717, 1.165) is 29.5 Å². The van der Waals surface area contributed by atoms with E-state index in [-0.39, 0.29) is 28.5 Å². The highest BCUT2D eigenvalue weighted by Gasteiger charge is 2.13. The molecule has 0 heterocycles. The maximum atomic E-state index is 13.0. The molecule has 0 radical (unpaired) electrons. The Kier molecular flexibility index (Phi) is 8.29. The highest BCUT2D eigenvalue weighted by molar-refractivity contribution is 6.14. The number of allylic oxidation sites excluding steroid dienone is 8. The predicted octanol–water partition coefficient (Wildman–Crippen LogP) is 7.49. The highest BCUT2D eigenvalue weighted by atomic mass is 16.1. The summed E-state index contributed by atoms with van der Waals surface area (Å²) in [5.41, 5.74) is 3.61.